The number of hydrogen-bond donors (Lipinski definition) is 1. The summed E-state index contributed by atoms with van der Waals surface area (Å²) in [5.74, 6) is 1.20. The van der Waals surface area contributed by atoms with Crippen molar-refractivity contribution in [2.24, 2.45) is 5.10 Å². The van der Waals surface area contributed by atoms with Gasteiger partial charge in [0.15, 0.2) is 0 Å². The molecule has 0 bridgehead atoms. The molecule has 2 rings (SSSR count). The van der Waals surface area contributed by atoms with Gasteiger partial charge in [-0.25, -0.2) is 5.43 Å². The molecule has 0 atom stereocenters. The zero-order valence-electron chi connectivity index (χ0n) is 14.9. The number of carbonyl (C=O) groups excluding carboxylic acids is 1. The molecule has 0 unspecified atom stereocenters. The quantitative estimate of drug-likeness (QED) is 0.583. The molecule has 2 aromatic carbocycles. The average Bonchev–Trinajstić information content (AvgIpc) is 2.61. The van der Waals surface area contributed by atoms with E-state index in [9.17, 15) is 4.79 Å². The molecule has 0 heterocycles. The predicted octanol–water partition coefficient (Wildman–Crippen LogP) is 4.03. The Morgan fingerprint density at radius 3 is 2.56 bits per heavy atom. The van der Waals surface area contributed by atoms with Crippen molar-refractivity contribution in [1.82, 2.24) is 5.43 Å². The zero-order valence-corrected chi connectivity index (χ0v) is 14.9. The summed E-state index contributed by atoms with van der Waals surface area (Å²) < 4.78 is 11.2. The summed E-state index contributed by atoms with van der Waals surface area (Å²) in [5.41, 5.74) is 3.85. The molecule has 0 saturated heterocycles. The van der Waals surface area contributed by atoms with Gasteiger partial charge >= 0.3 is 0 Å². The lowest BCUT2D eigenvalue weighted by atomic mass is 10.2. The van der Waals surface area contributed by atoms with Crippen LogP contribution in [0.3, 0.4) is 0 Å². The molecule has 0 saturated carbocycles. The van der Waals surface area contributed by atoms with Crippen LogP contribution in [-0.2, 0) is 0 Å². The fourth-order valence-corrected chi connectivity index (χ4v) is 2.10. The molecule has 0 aliphatic heterocycles. The van der Waals surface area contributed by atoms with Gasteiger partial charge in [-0.3, -0.25) is 4.79 Å². The van der Waals surface area contributed by atoms with Gasteiger partial charge in [-0.2, -0.15) is 5.10 Å². The minimum absolute atomic E-state index is 0.0672. The number of hydrazone groups is 1. The summed E-state index contributed by atoms with van der Waals surface area (Å²) >= 11 is 0. The van der Waals surface area contributed by atoms with Crippen molar-refractivity contribution in [1.29, 1.82) is 0 Å². The van der Waals surface area contributed by atoms with E-state index in [1.165, 1.54) is 0 Å². The van der Waals surface area contributed by atoms with Crippen molar-refractivity contribution >= 4 is 12.1 Å². The number of rotatable bonds is 8. The molecule has 0 fully saturated rings. The number of carbonyl (C=O) groups is 1. The molecule has 5 nitrogen and oxygen atoms in total. The summed E-state index contributed by atoms with van der Waals surface area (Å²) in [7, 11) is 0. The molecule has 1 amide bonds. The van der Waals surface area contributed by atoms with Gasteiger partial charge in [0.2, 0.25) is 0 Å². The summed E-state index contributed by atoms with van der Waals surface area (Å²) in [6.07, 6.45) is 2.59. The molecule has 0 aromatic heterocycles. The Morgan fingerprint density at radius 2 is 1.88 bits per heavy atom. The zero-order chi connectivity index (χ0) is 18.1. The van der Waals surface area contributed by atoms with Crippen LogP contribution in [0.5, 0.6) is 11.5 Å². The fraction of sp³-hybridized carbons (Fsp3) is 0.300. The first-order valence-electron chi connectivity index (χ1n) is 8.42. The van der Waals surface area contributed by atoms with E-state index in [1.54, 1.807) is 30.5 Å². The molecule has 0 aliphatic rings. The van der Waals surface area contributed by atoms with E-state index in [4.69, 9.17) is 9.47 Å². The molecular weight excluding hydrogens is 316 g/mol. The van der Waals surface area contributed by atoms with Crippen LogP contribution in [0.4, 0.5) is 0 Å². The number of amides is 1. The first-order valence-corrected chi connectivity index (χ1v) is 8.42. The highest BCUT2D eigenvalue weighted by atomic mass is 16.5. The largest absolute Gasteiger partial charge is 0.494 e. The number of hydrogen-bond acceptors (Lipinski definition) is 4. The van der Waals surface area contributed by atoms with Gasteiger partial charge in [-0.05, 0) is 56.7 Å². The number of ether oxygens (including phenoxy) is 2. The van der Waals surface area contributed by atoms with E-state index in [0.717, 1.165) is 23.5 Å². The maximum absolute atomic E-state index is 12.1. The molecule has 1 N–H and O–H groups in total. The van der Waals surface area contributed by atoms with Crippen molar-refractivity contribution in [2.75, 3.05) is 6.61 Å². The third-order valence-electron chi connectivity index (χ3n) is 3.24. The van der Waals surface area contributed by atoms with Gasteiger partial charge in [0.25, 0.3) is 5.91 Å². The molecule has 5 heteroatoms. The van der Waals surface area contributed by atoms with E-state index >= 15 is 0 Å². The van der Waals surface area contributed by atoms with Crippen LogP contribution in [0, 0.1) is 0 Å². The average molecular weight is 340 g/mol. The summed E-state index contributed by atoms with van der Waals surface area (Å²) in [4.78, 5) is 12.1. The van der Waals surface area contributed by atoms with E-state index in [1.807, 2.05) is 45.0 Å². The van der Waals surface area contributed by atoms with Gasteiger partial charge < -0.3 is 9.47 Å². The summed E-state index contributed by atoms with van der Waals surface area (Å²) in [5, 5.41) is 4.02. The molecule has 0 radical (unpaired) electrons. The number of nitrogens with one attached hydrogen (secondary N) is 1. The molecular formula is C20H24N2O3. The highest BCUT2D eigenvalue weighted by Gasteiger charge is 2.05. The lowest BCUT2D eigenvalue weighted by Crippen LogP contribution is -2.17. The van der Waals surface area contributed by atoms with Crippen LogP contribution in [0.1, 0.15) is 43.1 Å². The van der Waals surface area contributed by atoms with Crippen LogP contribution in [0.2, 0.25) is 0 Å². The van der Waals surface area contributed by atoms with Crippen molar-refractivity contribution in [3.05, 3.63) is 59.7 Å². The van der Waals surface area contributed by atoms with Crippen LogP contribution in [-0.4, -0.2) is 24.8 Å². The summed E-state index contributed by atoms with van der Waals surface area (Å²) in [6.45, 7) is 6.63. The predicted molar refractivity (Wildman–Crippen MR) is 99.5 cm³/mol. The maximum Gasteiger partial charge on any atom is 0.271 e. The third kappa shape index (κ3) is 5.95. The van der Waals surface area contributed by atoms with Gasteiger partial charge in [0, 0.05) is 11.1 Å². The maximum atomic E-state index is 12.1. The van der Waals surface area contributed by atoms with Crippen molar-refractivity contribution in [2.45, 2.75) is 33.3 Å². The molecule has 25 heavy (non-hydrogen) atoms. The van der Waals surface area contributed by atoms with E-state index in [-0.39, 0.29) is 12.0 Å². The fourth-order valence-electron chi connectivity index (χ4n) is 2.10. The first-order chi connectivity index (χ1) is 12.1. The lowest BCUT2D eigenvalue weighted by Gasteiger charge is -2.11. The van der Waals surface area contributed by atoms with Crippen LogP contribution in [0.15, 0.2) is 53.6 Å². The molecule has 132 valence electrons. The van der Waals surface area contributed by atoms with Gasteiger partial charge in [0.1, 0.15) is 11.5 Å². The Labute approximate surface area is 148 Å². The Hall–Kier alpha value is -2.82. The molecule has 0 aliphatic carbocycles. The Morgan fingerprint density at radius 1 is 1.16 bits per heavy atom. The number of nitrogens with zero attached hydrogens (tertiary/aromatic N) is 1. The van der Waals surface area contributed by atoms with Crippen molar-refractivity contribution in [3.63, 3.8) is 0 Å². The van der Waals surface area contributed by atoms with E-state index in [2.05, 4.69) is 10.5 Å². The van der Waals surface area contributed by atoms with Crippen LogP contribution >= 0.6 is 0 Å². The van der Waals surface area contributed by atoms with Gasteiger partial charge in [-0.1, -0.05) is 19.1 Å². The minimum Gasteiger partial charge on any atom is -0.494 e. The first kappa shape index (κ1) is 18.5. The summed E-state index contributed by atoms with van der Waals surface area (Å²) in [6, 6.07) is 14.5. The number of para-hydroxylation sites is 1. The van der Waals surface area contributed by atoms with Gasteiger partial charge in [0.05, 0.1) is 18.9 Å². The Bertz CT molecular complexity index is 709. The second-order valence-corrected chi connectivity index (χ2v) is 5.78. The monoisotopic (exact) mass is 340 g/mol. The topological polar surface area (TPSA) is 59.9 Å². The molecule has 0 spiro atoms. The van der Waals surface area contributed by atoms with E-state index in [0.29, 0.717) is 12.2 Å². The normalized spacial score (nSPS) is 10.9. The minimum atomic E-state index is -0.277. The highest BCUT2D eigenvalue weighted by molar-refractivity contribution is 5.95. The lowest BCUT2D eigenvalue weighted by molar-refractivity contribution is 0.0955. The van der Waals surface area contributed by atoms with Crippen molar-refractivity contribution in [3.8, 4) is 11.5 Å². The highest BCUT2D eigenvalue weighted by Crippen LogP contribution is 2.17. The Kier molecular flexibility index (Phi) is 7.01. The third-order valence-corrected chi connectivity index (χ3v) is 3.24. The SMILES string of the molecule is CCCOc1ccc(C(=O)N/N=C\c2ccccc2OC(C)C)cc1. The van der Waals surface area contributed by atoms with E-state index < -0.39 is 0 Å². The smallest absolute Gasteiger partial charge is 0.271 e. The van der Waals surface area contributed by atoms with Crippen molar-refractivity contribution < 1.29 is 14.3 Å². The molecule has 2 aromatic rings. The van der Waals surface area contributed by atoms with Crippen LogP contribution in [0.25, 0.3) is 0 Å². The second-order valence-electron chi connectivity index (χ2n) is 5.78. The van der Waals surface area contributed by atoms with Crippen LogP contribution < -0.4 is 14.9 Å². The number of benzene rings is 2. The second kappa shape index (κ2) is 9.47. The van der Waals surface area contributed by atoms with Gasteiger partial charge in [-0.15, -0.1) is 0 Å². The Balaban J connectivity index is 1.96. The standard InChI is InChI=1S/C20H24N2O3/c1-4-13-24-18-11-9-16(10-12-18)20(23)22-21-14-17-7-5-6-8-19(17)25-15(2)3/h5-12,14-15H,4,13H2,1-3H3,(H,22,23)/b21-14-.